The van der Waals surface area contributed by atoms with Crippen LogP contribution < -0.4 is 9.47 Å². The maximum atomic E-state index is 6.07. The first-order chi connectivity index (χ1) is 9.60. The molecular formula is C15H11Cl3O2. The second-order valence-corrected chi connectivity index (χ2v) is 5.15. The molecule has 0 saturated heterocycles. The maximum Gasteiger partial charge on any atom is 0.169 e. The Labute approximate surface area is 132 Å². The van der Waals surface area contributed by atoms with Crippen molar-refractivity contribution in [1.82, 2.24) is 0 Å². The first kappa shape index (κ1) is 15.0. The predicted octanol–water partition coefficient (Wildman–Crippen LogP) is 6.00. The van der Waals surface area contributed by atoms with E-state index in [-0.39, 0.29) is 0 Å². The zero-order chi connectivity index (χ0) is 14.5. The average molecular weight is 330 g/mol. The number of halogens is 3. The molecule has 0 unspecified atom stereocenters. The van der Waals surface area contributed by atoms with E-state index in [0.29, 0.717) is 38.9 Å². The second-order valence-electron chi connectivity index (χ2n) is 3.87. The minimum Gasteiger partial charge on any atom is -0.486 e. The molecule has 2 aromatic carbocycles. The summed E-state index contributed by atoms with van der Waals surface area (Å²) in [5, 5.41) is 1.52. The van der Waals surface area contributed by atoms with Crippen molar-refractivity contribution in [2.45, 2.75) is 0 Å². The summed E-state index contributed by atoms with van der Waals surface area (Å²) in [5.74, 6) is 1.52. The Kier molecular flexibility index (Phi) is 5.18. The van der Waals surface area contributed by atoms with E-state index in [4.69, 9.17) is 44.3 Å². The molecule has 0 atom stereocenters. The van der Waals surface area contributed by atoms with E-state index >= 15 is 0 Å². The summed E-state index contributed by atoms with van der Waals surface area (Å²) < 4.78 is 11.2. The van der Waals surface area contributed by atoms with Gasteiger partial charge in [-0.05, 0) is 30.3 Å². The molecular weight excluding hydrogens is 319 g/mol. The SMILES string of the molecule is C=CCOc1cc(Cl)ccc1Oc1ccc(Cl)cc1Cl. The Morgan fingerprint density at radius 2 is 1.55 bits per heavy atom. The summed E-state index contributed by atoms with van der Waals surface area (Å²) in [5.41, 5.74) is 0. The van der Waals surface area contributed by atoms with Crippen molar-refractivity contribution in [1.29, 1.82) is 0 Å². The highest BCUT2D eigenvalue weighted by atomic mass is 35.5. The number of rotatable bonds is 5. The Bertz CT molecular complexity index is 627. The van der Waals surface area contributed by atoms with Gasteiger partial charge in [-0.25, -0.2) is 0 Å². The molecule has 104 valence electrons. The summed E-state index contributed by atoms with van der Waals surface area (Å²) >= 11 is 17.9. The zero-order valence-electron chi connectivity index (χ0n) is 10.4. The van der Waals surface area contributed by atoms with E-state index in [9.17, 15) is 0 Å². The molecule has 0 spiro atoms. The van der Waals surface area contributed by atoms with E-state index in [0.717, 1.165) is 0 Å². The number of hydrogen-bond donors (Lipinski definition) is 0. The monoisotopic (exact) mass is 328 g/mol. The molecule has 20 heavy (non-hydrogen) atoms. The smallest absolute Gasteiger partial charge is 0.169 e. The van der Waals surface area contributed by atoms with Crippen LogP contribution in [0.2, 0.25) is 15.1 Å². The van der Waals surface area contributed by atoms with Crippen LogP contribution in [0.3, 0.4) is 0 Å². The summed E-state index contributed by atoms with van der Waals surface area (Å²) in [6, 6.07) is 10.1. The molecule has 2 rings (SSSR count). The van der Waals surface area contributed by atoms with Crippen molar-refractivity contribution in [3.05, 3.63) is 64.1 Å². The minimum absolute atomic E-state index is 0.352. The molecule has 0 N–H and O–H groups in total. The Balaban J connectivity index is 2.29. The van der Waals surface area contributed by atoms with E-state index in [1.807, 2.05) is 0 Å². The van der Waals surface area contributed by atoms with Crippen LogP contribution >= 0.6 is 34.8 Å². The molecule has 5 heteroatoms. The molecule has 0 fully saturated rings. The third-order valence-corrected chi connectivity index (χ3v) is 3.14. The highest BCUT2D eigenvalue weighted by molar-refractivity contribution is 6.35. The largest absolute Gasteiger partial charge is 0.486 e. The molecule has 0 bridgehead atoms. The Hall–Kier alpha value is -1.35. The number of ether oxygens (including phenoxy) is 2. The Morgan fingerprint density at radius 3 is 2.20 bits per heavy atom. The number of benzene rings is 2. The zero-order valence-corrected chi connectivity index (χ0v) is 12.7. The Morgan fingerprint density at radius 1 is 0.900 bits per heavy atom. The molecule has 2 nitrogen and oxygen atoms in total. The molecule has 2 aromatic rings. The van der Waals surface area contributed by atoms with Crippen molar-refractivity contribution < 1.29 is 9.47 Å². The average Bonchev–Trinajstić information content (AvgIpc) is 2.41. The topological polar surface area (TPSA) is 18.5 Å². The van der Waals surface area contributed by atoms with Gasteiger partial charge in [0.1, 0.15) is 12.4 Å². The minimum atomic E-state index is 0.352. The van der Waals surface area contributed by atoms with Crippen LogP contribution in [0.25, 0.3) is 0 Å². The highest BCUT2D eigenvalue weighted by Gasteiger charge is 2.10. The van der Waals surface area contributed by atoms with Gasteiger partial charge in [0.2, 0.25) is 0 Å². The first-order valence-corrected chi connectivity index (χ1v) is 6.89. The lowest BCUT2D eigenvalue weighted by molar-refractivity contribution is 0.340. The number of hydrogen-bond acceptors (Lipinski definition) is 2. The van der Waals surface area contributed by atoms with Gasteiger partial charge in [0.05, 0.1) is 5.02 Å². The molecule has 0 aliphatic carbocycles. The van der Waals surface area contributed by atoms with Crippen LogP contribution in [0.15, 0.2) is 49.1 Å². The highest BCUT2D eigenvalue weighted by Crippen LogP contribution is 2.37. The van der Waals surface area contributed by atoms with E-state index in [1.165, 1.54) is 0 Å². The van der Waals surface area contributed by atoms with Gasteiger partial charge in [-0.3, -0.25) is 0 Å². The fraction of sp³-hybridized carbons (Fsp3) is 0.0667. The van der Waals surface area contributed by atoms with Gasteiger partial charge < -0.3 is 9.47 Å². The summed E-state index contributed by atoms with van der Waals surface area (Å²) in [4.78, 5) is 0. The predicted molar refractivity (Wildman–Crippen MR) is 83.7 cm³/mol. The van der Waals surface area contributed by atoms with Gasteiger partial charge in [-0.2, -0.15) is 0 Å². The van der Waals surface area contributed by atoms with Gasteiger partial charge >= 0.3 is 0 Å². The van der Waals surface area contributed by atoms with Gasteiger partial charge in [-0.1, -0.05) is 47.5 Å². The van der Waals surface area contributed by atoms with E-state index in [2.05, 4.69) is 6.58 Å². The van der Waals surface area contributed by atoms with Crippen molar-refractivity contribution >= 4 is 34.8 Å². The molecule has 0 radical (unpaired) electrons. The molecule has 0 heterocycles. The molecule has 0 aliphatic rings. The van der Waals surface area contributed by atoms with Gasteiger partial charge in [0.15, 0.2) is 11.5 Å². The fourth-order valence-corrected chi connectivity index (χ4v) is 2.11. The van der Waals surface area contributed by atoms with Crippen LogP contribution in [0.4, 0.5) is 0 Å². The van der Waals surface area contributed by atoms with Crippen molar-refractivity contribution in [3.8, 4) is 17.2 Å². The second kappa shape index (κ2) is 6.89. The normalized spacial score (nSPS) is 10.2. The van der Waals surface area contributed by atoms with Crippen molar-refractivity contribution in [2.75, 3.05) is 6.61 Å². The molecule has 0 saturated carbocycles. The van der Waals surface area contributed by atoms with Gasteiger partial charge in [0, 0.05) is 16.1 Å². The van der Waals surface area contributed by atoms with Gasteiger partial charge in [0.25, 0.3) is 0 Å². The summed E-state index contributed by atoms with van der Waals surface area (Å²) in [7, 11) is 0. The summed E-state index contributed by atoms with van der Waals surface area (Å²) in [6.07, 6.45) is 1.64. The fourth-order valence-electron chi connectivity index (χ4n) is 1.50. The molecule has 0 aromatic heterocycles. The lowest BCUT2D eigenvalue weighted by Gasteiger charge is -2.13. The third kappa shape index (κ3) is 3.83. The third-order valence-electron chi connectivity index (χ3n) is 2.38. The van der Waals surface area contributed by atoms with Crippen LogP contribution in [0.5, 0.6) is 17.2 Å². The maximum absolute atomic E-state index is 6.07. The summed E-state index contributed by atoms with van der Waals surface area (Å²) in [6.45, 7) is 3.95. The van der Waals surface area contributed by atoms with Crippen LogP contribution in [-0.4, -0.2) is 6.61 Å². The van der Waals surface area contributed by atoms with Crippen molar-refractivity contribution in [3.63, 3.8) is 0 Å². The first-order valence-electron chi connectivity index (χ1n) is 5.76. The van der Waals surface area contributed by atoms with E-state index in [1.54, 1.807) is 42.5 Å². The molecule has 0 aliphatic heterocycles. The van der Waals surface area contributed by atoms with Gasteiger partial charge in [-0.15, -0.1) is 0 Å². The van der Waals surface area contributed by atoms with Crippen LogP contribution in [0, 0.1) is 0 Å². The quantitative estimate of drug-likeness (QED) is 0.626. The van der Waals surface area contributed by atoms with Crippen LogP contribution in [0.1, 0.15) is 0 Å². The lowest BCUT2D eigenvalue weighted by Crippen LogP contribution is -1.96. The standard InChI is InChI=1S/C15H11Cl3O2/c1-2-7-19-15-9-11(17)4-6-14(15)20-13-5-3-10(16)8-12(13)18/h2-6,8-9H,1,7H2. The molecule has 0 amide bonds. The van der Waals surface area contributed by atoms with Crippen LogP contribution in [-0.2, 0) is 0 Å². The van der Waals surface area contributed by atoms with Crippen molar-refractivity contribution in [2.24, 2.45) is 0 Å². The lowest BCUT2D eigenvalue weighted by atomic mass is 10.3. The van der Waals surface area contributed by atoms with E-state index < -0.39 is 0 Å².